The first-order valence-electron chi connectivity index (χ1n) is 7.43. The summed E-state index contributed by atoms with van der Waals surface area (Å²) in [7, 11) is -3.51. The van der Waals surface area contributed by atoms with Gasteiger partial charge in [-0.3, -0.25) is 4.99 Å². The van der Waals surface area contributed by atoms with Gasteiger partial charge in [0, 0.05) is 18.5 Å². The first-order valence-corrected chi connectivity index (χ1v) is 9.14. The lowest BCUT2D eigenvalue weighted by atomic mass is 9.85. The van der Waals surface area contributed by atoms with Crippen molar-refractivity contribution in [3.05, 3.63) is 35.6 Å². The van der Waals surface area contributed by atoms with Gasteiger partial charge in [0.2, 0.25) is 10.0 Å². The molecule has 0 atom stereocenters. The standard InChI is InChI=1S/C15H25FN4O2S/c1-4-18-14(19-8-9-23(17,21)22)20-11-15(2,3)12-6-5-7-13(16)10-12/h5-7,10H,4,8-9,11H2,1-3H3,(H2,17,21,22)(H2,18,19,20). The second-order valence-electron chi connectivity index (χ2n) is 5.88. The minimum atomic E-state index is -3.51. The SMILES string of the molecule is CCNC(=NCC(C)(C)c1cccc(F)c1)NCCS(N)(=O)=O. The highest BCUT2D eigenvalue weighted by Crippen LogP contribution is 2.23. The van der Waals surface area contributed by atoms with Crippen LogP contribution in [0.1, 0.15) is 26.3 Å². The number of nitrogens with one attached hydrogen (secondary N) is 2. The molecule has 0 amide bonds. The number of halogens is 1. The predicted molar refractivity (Wildman–Crippen MR) is 91.4 cm³/mol. The average Bonchev–Trinajstić information content (AvgIpc) is 2.43. The number of hydrogen-bond donors (Lipinski definition) is 3. The third-order valence-corrected chi connectivity index (χ3v) is 4.03. The third kappa shape index (κ3) is 7.43. The Morgan fingerprint density at radius 3 is 2.61 bits per heavy atom. The van der Waals surface area contributed by atoms with Crippen molar-refractivity contribution in [1.82, 2.24) is 10.6 Å². The molecule has 0 aliphatic rings. The number of aliphatic imine (C=N–C) groups is 1. The number of sulfonamides is 1. The molecule has 6 nitrogen and oxygen atoms in total. The molecule has 0 spiro atoms. The predicted octanol–water partition coefficient (Wildman–Crippen LogP) is 0.947. The minimum absolute atomic E-state index is 0.172. The van der Waals surface area contributed by atoms with E-state index in [-0.39, 0.29) is 23.5 Å². The van der Waals surface area contributed by atoms with Crippen LogP contribution in [-0.2, 0) is 15.4 Å². The van der Waals surface area contributed by atoms with Crippen molar-refractivity contribution in [2.45, 2.75) is 26.2 Å². The fraction of sp³-hybridized carbons (Fsp3) is 0.533. The quantitative estimate of drug-likeness (QED) is 0.507. The molecule has 0 saturated carbocycles. The van der Waals surface area contributed by atoms with E-state index in [1.54, 1.807) is 6.07 Å². The van der Waals surface area contributed by atoms with Crippen LogP contribution in [0.2, 0.25) is 0 Å². The monoisotopic (exact) mass is 344 g/mol. The van der Waals surface area contributed by atoms with Crippen LogP contribution in [0, 0.1) is 5.82 Å². The fourth-order valence-corrected chi connectivity index (χ4v) is 2.32. The number of primary sulfonamides is 1. The number of hydrogen-bond acceptors (Lipinski definition) is 3. The normalized spacial score (nSPS) is 13.0. The van der Waals surface area contributed by atoms with Crippen molar-refractivity contribution < 1.29 is 12.8 Å². The average molecular weight is 344 g/mol. The van der Waals surface area contributed by atoms with E-state index in [0.29, 0.717) is 19.0 Å². The van der Waals surface area contributed by atoms with E-state index in [1.165, 1.54) is 12.1 Å². The molecule has 0 aliphatic carbocycles. The van der Waals surface area contributed by atoms with E-state index in [2.05, 4.69) is 15.6 Å². The molecular formula is C15H25FN4O2S. The Bertz CT molecular complexity index is 645. The van der Waals surface area contributed by atoms with Gasteiger partial charge in [0.25, 0.3) is 0 Å². The molecule has 0 unspecified atom stereocenters. The van der Waals surface area contributed by atoms with Gasteiger partial charge in [0.1, 0.15) is 5.82 Å². The maximum absolute atomic E-state index is 13.4. The van der Waals surface area contributed by atoms with Crippen LogP contribution < -0.4 is 15.8 Å². The van der Waals surface area contributed by atoms with Gasteiger partial charge in [-0.25, -0.2) is 17.9 Å². The summed E-state index contributed by atoms with van der Waals surface area (Å²) in [5.74, 6) is 0.0448. The fourth-order valence-electron chi connectivity index (χ4n) is 1.93. The molecule has 0 bridgehead atoms. The minimum Gasteiger partial charge on any atom is -0.357 e. The van der Waals surface area contributed by atoms with Gasteiger partial charge >= 0.3 is 0 Å². The van der Waals surface area contributed by atoms with E-state index < -0.39 is 10.0 Å². The van der Waals surface area contributed by atoms with Crippen LogP contribution in [-0.4, -0.2) is 39.8 Å². The number of nitrogens with two attached hydrogens (primary N) is 1. The molecule has 0 fully saturated rings. The zero-order chi connectivity index (χ0) is 17.5. The molecular weight excluding hydrogens is 319 g/mol. The van der Waals surface area contributed by atoms with Crippen LogP contribution in [0.3, 0.4) is 0 Å². The summed E-state index contributed by atoms with van der Waals surface area (Å²) in [6.07, 6.45) is 0. The molecule has 4 N–H and O–H groups in total. The van der Waals surface area contributed by atoms with Gasteiger partial charge in [0.05, 0.1) is 12.3 Å². The van der Waals surface area contributed by atoms with E-state index >= 15 is 0 Å². The van der Waals surface area contributed by atoms with Crippen LogP contribution in [0.5, 0.6) is 0 Å². The molecule has 1 aromatic carbocycles. The highest BCUT2D eigenvalue weighted by Gasteiger charge is 2.21. The third-order valence-electron chi connectivity index (χ3n) is 3.26. The zero-order valence-electron chi connectivity index (χ0n) is 13.8. The number of nitrogens with zero attached hydrogens (tertiary/aromatic N) is 1. The number of guanidine groups is 1. The second-order valence-corrected chi connectivity index (χ2v) is 7.62. The van der Waals surface area contributed by atoms with E-state index in [1.807, 2.05) is 26.8 Å². The molecule has 0 aliphatic heterocycles. The van der Waals surface area contributed by atoms with Crippen LogP contribution in [0.25, 0.3) is 0 Å². The lowest BCUT2D eigenvalue weighted by Crippen LogP contribution is -2.41. The molecule has 23 heavy (non-hydrogen) atoms. The van der Waals surface area contributed by atoms with Crippen LogP contribution in [0.15, 0.2) is 29.3 Å². The summed E-state index contributed by atoms with van der Waals surface area (Å²) in [6.45, 7) is 7.08. The van der Waals surface area contributed by atoms with Crippen LogP contribution >= 0.6 is 0 Å². The van der Waals surface area contributed by atoms with Crippen molar-refractivity contribution in [3.63, 3.8) is 0 Å². The van der Waals surface area contributed by atoms with Gasteiger partial charge in [0.15, 0.2) is 5.96 Å². The lowest BCUT2D eigenvalue weighted by Gasteiger charge is -2.24. The summed E-state index contributed by atoms with van der Waals surface area (Å²) >= 11 is 0. The van der Waals surface area contributed by atoms with Crippen LogP contribution in [0.4, 0.5) is 4.39 Å². The van der Waals surface area contributed by atoms with Gasteiger partial charge in [-0.1, -0.05) is 26.0 Å². The Balaban J connectivity index is 2.75. The summed E-state index contributed by atoms with van der Waals surface area (Å²) in [5, 5.41) is 10.9. The van der Waals surface area contributed by atoms with Gasteiger partial charge < -0.3 is 10.6 Å². The van der Waals surface area contributed by atoms with Gasteiger partial charge in [-0.05, 0) is 24.6 Å². The smallest absolute Gasteiger partial charge is 0.210 e. The van der Waals surface area contributed by atoms with Gasteiger partial charge in [-0.2, -0.15) is 0 Å². The lowest BCUT2D eigenvalue weighted by molar-refractivity contribution is 0.529. The summed E-state index contributed by atoms with van der Waals surface area (Å²) < 4.78 is 35.3. The Labute approximate surface area is 137 Å². The molecule has 0 aromatic heterocycles. The maximum atomic E-state index is 13.4. The Kier molecular flexibility index (Phi) is 6.96. The van der Waals surface area contributed by atoms with Crippen molar-refractivity contribution in [1.29, 1.82) is 0 Å². The Hall–Kier alpha value is -1.67. The highest BCUT2D eigenvalue weighted by atomic mass is 32.2. The number of benzene rings is 1. The summed E-state index contributed by atoms with van der Waals surface area (Å²) in [6, 6.07) is 6.43. The molecule has 0 saturated heterocycles. The van der Waals surface area contributed by atoms with Crippen molar-refractivity contribution in [2.24, 2.45) is 10.1 Å². The Morgan fingerprint density at radius 1 is 1.35 bits per heavy atom. The van der Waals surface area contributed by atoms with E-state index in [0.717, 1.165) is 5.56 Å². The van der Waals surface area contributed by atoms with E-state index in [9.17, 15) is 12.8 Å². The maximum Gasteiger partial charge on any atom is 0.210 e. The Morgan fingerprint density at radius 2 is 2.04 bits per heavy atom. The van der Waals surface area contributed by atoms with Crippen molar-refractivity contribution in [3.8, 4) is 0 Å². The number of rotatable bonds is 7. The van der Waals surface area contributed by atoms with Gasteiger partial charge in [-0.15, -0.1) is 0 Å². The molecule has 1 aromatic rings. The molecule has 130 valence electrons. The summed E-state index contributed by atoms with van der Waals surface area (Å²) in [4.78, 5) is 4.45. The largest absolute Gasteiger partial charge is 0.357 e. The first-order chi connectivity index (χ1) is 10.6. The van der Waals surface area contributed by atoms with E-state index in [4.69, 9.17) is 5.14 Å². The second kappa shape index (κ2) is 8.26. The molecule has 8 heteroatoms. The summed E-state index contributed by atoms with van der Waals surface area (Å²) in [5.41, 5.74) is 0.492. The van der Waals surface area contributed by atoms with Crippen molar-refractivity contribution >= 4 is 16.0 Å². The highest BCUT2D eigenvalue weighted by molar-refractivity contribution is 7.89. The molecule has 1 rings (SSSR count). The topological polar surface area (TPSA) is 96.6 Å². The molecule has 0 radical (unpaired) electrons. The zero-order valence-corrected chi connectivity index (χ0v) is 14.6. The molecule has 0 heterocycles. The first kappa shape index (κ1) is 19.4. The van der Waals surface area contributed by atoms with Crippen molar-refractivity contribution in [2.75, 3.05) is 25.4 Å².